The molecule has 0 fully saturated rings. The summed E-state index contributed by atoms with van der Waals surface area (Å²) in [6, 6.07) is 4.79. The number of aryl methyl sites for hydroxylation is 2. The van der Waals surface area contributed by atoms with E-state index in [0.717, 1.165) is 5.56 Å². The Kier molecular flexibility index (Phi) is 4.23. The van der Waals surface area contributed by atoms with Gasteiger partial charge in [-0.3, -0.25) is 0 Å². The summed E-state index contributed by atoms with van der Waals surface area (Å²) in [6.45, 7) is 3.66. The van der Waals surface area contributed by atoms with Gasteiger partial charge in [0, 0.05) is 6.54 Å². The highest BCUT2D eigenvalue weighted by molar-refractivity contribution is 6.33. The van der Waals surface area contributed by atoms with E-state index in [2.05, 4.69) is 5.32 Å². The average Bonchev–Trinajstić information content (AvgIpc) is 2.42. The van der Waals surface area contributed by atoms with Crippen molar-refractivity contribution in [1.82, 2.24) is 0 Å². The molecule has 5 N–H and O–H groups in total. The van der Waals surface area contributed by atoms with Crippen LogP contribution in [0.15, 0.2) is 18.2 Å². The van der Waals surface area contributed by atoms with E-state index in [-0.39, 0.29) is 27.9 Å². The molecule has 2 rings (SSSR count). The van der Waals surface area contributed by atoms with Crippen LogP contribution in [0.1, 0.15) is 16.7 Å². The first-order valence-electron chi connectivity index (χ1n) is 6.33. The Morgan fingerprint density at radius 1 is 1.00 bits per heavy atom. The minimum Gasteiger partial charge on any atom is -0.397 e. The van der Waals surface area contributed by atoms with Crippen LogP contribution in [0.3, 0.4) is 0 Å². The zero-order chi connectivity index (χ0) is 15.7. The second-order valence-electron chi connectivity index (χ2n) is 4.96. The molecule has 6 heteroatoms. The minimum atomic E-state index is -0.690. The molecule has 0 aliphatic heterocycles. The lowest BCUT2D eigenvalue weighted by atomic mass is 10.1. The van der Waals surface area contributed by atoms with Crippen LogP contribution < -0.4 is 16.8 Å². The number of nitrogens with one attached hydrogen (secondary N) is 1. The molecule has 3 nitrogen and oxygen atoms in total. The van der Waals surface area contributed by atoms with Crippen LogP contribution in [0.5, 0.6) is 0 Å². The Bertz CT molecular complexity index is 679. The monoisotopic (exact) mass is 311 g/mol. The Hall–Kier alpha value is -2.01. The van der Waals surface area contributed by atoms with Gasteiger partial charge >= 0.3 is 0 Å². The van der Waals surface area contributed by atoms with E-state index >= 15 is 0 Å². The Balaban J connectivity index is 2.27. The van der Waals surface area contributed by atoms with Gasteiger partial charge in [-0.25, -0.2) is 8.78 Å². The molecule has 21 heavy (non-hydrogen) atoms. The molecule has 0 amide bonds. The van der Waals surface area contributed by atoms with Gasteiger partial charge in [0.1, 0.15) is 10.8 Å². The van der Waals surface area contributed by atoms with Crippen molar-refractivity contribution in [2.75, 3.05) is 16.8 Å². The van der Waals surface area contributed by atoms with Crippen molar-refractivity contribution in [3.8, 4) is 0 Å². The van der Waals surface area contributed by atoms with Crippen LogP contribution in [0.25, 0.3) is 0 Å². The molecule has 112 valence electrons. The molecule has 0 bridgehead atoms. The first-order chi connectivity index (χ1) is 9.81. The number of hydrogen-bond acceptors (Lipinski definition) is 3. The highest BCUT2D eigenvalue weighted by Crippen LogP contribution is 2.34. The number of hydrogen-bond donors (Lipinski definition) is 3. The van der Waals surface area contributed by atoms with E-state index in [0.29, 0.717) is 17.7 Å². The number of halogens is 3. The van der Waals surface area contributed by atoms with E-state index in [4.69, 9.17) is 23.1 Å². The zero-order valence-corrected chi connectivity index (χ0v) is 12.5. The minimum absolute atomic E-state index is 0.0886. The predicted molar refractivity (Wildman–Crippen MR) is 83.4 cm³/mol. The molecule has 0 saturated heterocycles. The standard InChI is InChI=1S/C15H16ClF2N3/c1-7-3-9(4-8(2)13(7)17)6-21-15-11(20)5-10(19)12(16)14(15)18/h3-5,21H,6,19-20H2,1-2H3. The lowest BCUT2D eigenvalue weighted by Gasteiger charge is -2.14. The third-order valence-electron chi connectivity index (χ3n) is 3.23. The summed E-state index contributed by atoms with van der Waals surface area (Å²) in [5, 5.41) is 2.71. The third kappa shape index (κ3) is 3.03. The van der Waals surface area contributed by atoms with Crippen molar-refractivity contribution in [2.45, 2.75) is 20.4 Å². The molecule has 0 aliphatic rings. The maximum absolute atomic E-state index is 14.0. The van der Waals surface area contributed by atoms with Crippen molar-refractivity contribution in [3.63, 3.8) is 0 Å². The number of rotatable bonds is 3. The second kappa shape index (κ2) is 5.77. The maximum Gasteiger partial charge on any atom is 0.169 e. The molecule has 0 unspecified atom stereocenters. The van der Waals surface area contributed by atoms with Crippen molar-refractivity contribution in [3.05, 3.63) is 51.5 Å². The molecule has 0 spiro atoms. The number of benzene rings is 2. The molecule has 0 heterocycles. The highest BCUT2D eigenvalue weighted by Gasteiger charge is 2.14. The summed E-state index contributed by atoms with van der Waals surface area (Å²) >= 11 is 5.76. The van der Waals surface area contributed by atoms with E-state index in [1.807, 2.05) is 0 Å². The summed E-state index contributed by atoms with van der Waals surface area (Å²) in [7, 11) is 0. The van der Waals surface area contributed by atoms with Crippen LogP contribution >= 0.6 is 11.6 Å². The maximum atomic E-state index is 14.0. The largest absolute Gasteiger partial charge is 0.397 e. The van der Waals surface area contributed by atoms with E-state index in [1.54, 1.807) is 26.0 Å². The molecular weight excluding hydrogens is 296 g/mol. The smallest absolute Gasteiger partial charge is 0.169 e. The molecule has 0 saturated carbocycles. The van der Waals surface area contributed by atoms with Gasteiger partial charge in [-0.2, -0.15) is 0 Å². The summed E-state index contributed by atoms with van der Waals surface area (Å²) in [4.78, 5) is 0. The average molecular weight is 312 g/mol. The Morgan fingerprint density at radius 3 is 2.14 bits per heavy atom. The van der Waals surface area contributed by atoms with Crippen LogP contribution in [0, 0.1) is 25.5 Å². The van der Waals surface area contributed by atoms with Crippen LogP contribution in [-0.4, -0.2) is 0 Å². The molecule has 2 aromatic rings. The van der Waals surface area contributed by atoms with Gasteiger partial charge in [-0.1, -0.05) is 23.7 Å². The van der Waals surface area contributed by atoms with Crippen molar-refractivity contribution in [1.29, 1.82) is 0 Å². The number of nitrogen functional groups attached to an aromatic ring is 2. The fourth-order valence-corrected chi connectivity index (χ4v) is 2.32. The van der Waals surface area contributed by atoms with Crippen LogP contribution in [0.2, 0.25) is 5.02 Å². The molecule has 0 radical (unpaired) electrons. The first kappa shape index (κ1) is 15.4. The van der Waals surface area contributed by atoms with Gasteiger partial charge in [0.15, 0.2) is 5.82 Å². The van der Waals surface area contributed by atoms with Crippen molar-refractivity contribution in [2.24, 2.45) is 0 Å². The topological polar surface area (TPSA) is 64.1 Å². The lowest BCUT2D eigenvalue weighted by Crippen LogP contribution is -2.07. The quantitative estimate of drug-likeness (QED) is 0.750. The van der Waals surface area contributed by atoms with Gasteiger partial charge < -0.3 is 16.8 Å². The van der Waals surface area contributed by atoms with Gasteiger partial charge in [0.25, 0.3) is 0 Å². The Labute approximate surface area is 126 Å². The fourth-order valence-electron chi connectivity index (χ4n) is 2.17. The third-order valence-corrected chi connectivity index (χ3v) is 3.61. The fraction of sp³-hybridized carbons (Fsp3) is 0.200. The van der Waals surface area contributed by atoms with Crippen LogP contribution in [-0.2, 0) is 6.54 Å². The SMILES string of the molecule is Cc1cc(CNc2c(N)cc(N)c(Cl)c2F)cc(C)c1F. The van der Waals surface area contributed by atoms with Gasteiger partial charge in [-0.15, -0.1) is 0 Å². The number of anilines is 3. The molecule has 0 aromatic heterocycles. The summed E-state index contributed by atoms with van der Waals surface area (Å²) in [5.41, 5.74) is 13.5. The summed E-state index contributed by atoms with van der Waals surface area (Å²) in [5.74, 6) is -0.926. The normalized spacial score (nSPS) is 10.7. The van der Waals surface area contributed by atoms with Crippen molar-refractivity contribution < 1.29 is 8.78 Å². The van der Waals surface area contributed by atoms with Crippen molar-refractivity contribution >= 4 is 28.7 Å². The number of nitrogens with two attached hydrogens (primary N) is 2. The van der Waals surface area contributed by atoms with Gasteiger partial charge in [0.05, 0.1) is 17.1 Å². The summed E-state index contributed by atoms with van der Waals surface area (Å²) < 4.78 is 27.6. The second-order valence-corrected chi connectivity index (χ2v) is 5.33. The molecule has 2 aromatic carbocycles. The first-order valence-corrected chi connectivity index (χ1v) is 6.71. The van der Waals surface area contributed by atoms with E-state index < -0.39 is 5.82 Å². The van der Waals surface area contributed by atoms with E-state index in [9.17, 15) is 8.78 Å². The zero-order valence-electron chi connectivity index (χ0n) is 11.7. The highest BCUT2D eigenvalue weighted by atomic mass is 35.5. The summed E-state index contributed by atoms with van der Waals surface area (Å²) in [6.07, 6.45) is 0. The van der Waals surface area contributed by atoms with E-state index in [1.165, 1.54) is 6.07 Å². The van der Waals surface area contributed by atoms with Gasteiger partial charge in [0.2, 0.25) is 0 Å². The van der Waals surface area contributed by atoms with Crippen LogP contribution in [0.4, 0.5) is 25.8 Å². The predicted octanol–water partition coefficient (Wildman–Crippen LogP) is 4.01. The van der Waals surface area contributed by atoms with Gasteiger partial charge in [-0.05, 0) is 36.6 Å². The molecular formula is C15H16ClF2N3. The Morgan fingerprint density at radius 2 is 1.57 bits per heavy atom. The molecule has 0 atom stereocenters. The molecule has 0 aliphatic carbocycles. The lowest BCUT2D eigenvalue weighted by molar-refractivity contribution is 0.608.